The molecule has 0 amide bonds. The molecule has 0 aromatic heterocycles. The van der Waals surface area contributed by atoms with Crippen LogP contribution in [0.25, 0.3) is 21.5 Å². The molecular weight excluding hydrogens is 424 g/mol. The summed E-state index contributed by atoms with van der Waals surface area (Å²) in [5.74, 6) is 0. The Morgan fingerprint density at radius 1 is 0.667 bits per heavy atom. The first kappa shape index (κ1) is 17.9. The van der Waals surface area contributed by atoms with E-state index in [1.54, 1.807) is 0 Å². The molecule has 0 radical (unpaired) electrons. The lowest BCUT2D eigenvalue weighted by Gasteiger charge is -2.14. The van der Waals surface area contributed by atoms with E-state index in [1.807, 2.05) is 0 Å². The number of hydrogen-bond acceptors (Lipinski definition) is 0. The Bertz CT molecular complexity index is 776. The Morgan fingerprint density at radius 3 is 1.79 bits per heavy atom. The van der Waals surface area contributed by atoms with Crippen molar-refractivity contribution in [2.45, 2.75) is 51.9 Å². The normalized spacial score (nSPS) is 11.5. The zero-order valence-corrected chi connectivity index (χ0v) is 17.4. The molecule has 0 nitrogen and oxygen atoms in total. The summed E-state index contributed by atoms with van der Waals surface area (Å²) in [6, 6.07) is 15.4. The number of hydrogen-bond donors (Lipinski definition) is 0. The molecule has 0 atom stereocenters. The van der Waals surface area contributed by atoms with Crippen LogP contribution in [0.4, 0.5) is 0 Å². The fourth-order valence-corrected chi connectivity index (χ4v) is 4.50. The molecule has 24 heavy (non-hydrogen) atoms. The number of halogens is 2. The number of unbranched alkanes of at least 4 members (excludes halogenated alkanes) is 5. The number of rotatable bonds is 7. The average molecular weight is 448 g/mol. The zero-order chi connectivity index (χ0) is 16.9. The van der Waals surface area contributed by atoms with Crippen molar-refractivity contribution >= 4 is 53.4 Å². The summed E-state index contributed by atoms with van der Waals surface area (Å²) in [6.07, 6.45) is 9.20. The summed E-state index contributed by atoms with van der Waals surface area (Å²) >= 11 is 7.47. The largest absolute Gasteiger partial charge is 0.0654 e. The minimum Gasteiger partial charge on any atom is -0.0654 e. The molecule has 0 heterocycles. The van der Waals surface area contributed by atoms with Gasteiger partial charge in [0.1, 0.15) is 0 Å². The van der Waals surface area contributed by atoms with Gasteiger partial charge in [0.15, 0.2) is 0 Å². The molecule has 0 aliphatic carbocycles. The maximum Gasteiger partial charge on any atom is 0.0254 e. The number of benzene rings is 3. The van der Waals surface area contributed by atoms with Crippen molar-refractivity contribution in [3.05, 3.63) is 57.0 Å². The smallest absolute Gasteiger partial charge is 0.0254 e. The van der Waals surface area contributed by atoms with Gasteiger partial charge in [0, 0.05) is 8.95 Å². The lowest BCUT2D eigenvalue weighted by atomic mass is 9.93. The van der Waals surface area contributed by atoms with E-state index in [0.29, 0.717) is 0 Å². The summed E-state index contributed by atoms with van der Waals surface area (Å²) in [7, 11) is 0. The fourth-order valence-electron chi connectivity index (χ4n) is 3.53. The maximum atomic E-state index is 3.74. The second kappa shape index (κ2) is 8.49. The Labute approximate surface area is 161 Å². The van der Waals surface area contributed by atoms with E-state index in [2.05, 4.69) is 81.2 Å². The van der Waals surface area contributed by atoms with Crippen LogP contribution >= 0.6 is 31.9 Å². The standard InChI is InChI=1S/C22H24Br2/c1-2-3-4-5-6-7-10-16-17-11-8-13-21(23)19(17)15-20-18(16)12-9-14-22(20)24/h8-9,11-15H,2-7,10H2,1H3. The predicted molar refractivity (Wildman–Crippen MR) is 114 cm³/mol. The van der Waals surface area contributed by atoms with Crippen LogP contribution in [0.5, 0.6) is 0 Å². The van der Waals surface area contributed by atoms with E-state index in [9.17, 15) is 0 Å². The summed E-state index contributed by atoms with van der Waals surface area (Å²) in [5, 5.41) is 5.42. The highest BCUT2D eigenvalue weighted by Crippen LogP contribution is 2.36. The van der Waals surface area contributed by atoms with Crippen molar-refractivity contribution in [2.24, 2.45) is 0 Å². The van der Waals surface area contributed by atoms with Gasteiger partial charge in [-0.1, -0.05) is 95.2 Å². The highest BCUT2D eigenvalue weighted by molar-refractivity contribution is 9.11. The lowest BCUT2D eigenvalue weighted by Crippen LogP contribution is -1.92. The van der Waals surface area contributed by atoms with Crippen LogP contribution in [0, 0.1) is 0 Å². The molecule has 0 bridgehead atoms. The molecule has 3 aromatic rings. The SMILES string of the molecule is CCCCCCCCc1c2cccc(Br)c2cc2c(Br)cccc12. The van der Waals surface area contributed by atoms with E-state index in [-0.39, 0.29) is 0 Å². The highest BCUT2D eigenvalue weighted by Gasteiger charge is 2.11. The van der Waals surface area contributed by atoms with Crippen LogP contribution in [0.1, 0.15) is 51.0 Å². The van der Waals surface area contributed by atoms with Gasteiger partial charge in [-0.15, -0.1) is 0 Å². The first-order chi connectivity index (χ1) is 11.7. The zero-order valence-electron chi connectivity index (χ0n) is 14.2. The number of aryl methyl sites for hydroxylation is 1. The van der Waals surface area contributed by atoms with Crippen molar-refractivity contribution in [3.8, 4) is 0 Å². The molecule has 0 spiro atoms. The first-order valence-electron chi connectivity index (χ1n) is 9.00. The van der Waals surface area contributed by atoms with Gasteiger partial charge in [-0.2, -0.15) is 0 Å². The molecule has 0 saturated heterocycles. The van der Waals surface area contributed by atoms with E-state index in [4.69, 9.17) is 0 Å². The topological polar surface area (TPSA) is 0 Å². The third-order valence-corrected chi connectivity index (χ3v) is 6.21. The van der Waals surface area contributed by atoms with Crippen LogP contribution in [-0.4, -0.2) is 0 Å². The monoisotopic (exact) mass is 446 g/mol. The van der Waals surface area contributed by atoms with Crippen molar-refractivity contribution in [3.63, 3.8) is 0 Å². The third-order valence-electron chi connectivity index (χ3n) is 4.83. The van der Waals surface area contributed by atoms with Gasteiger partial charge in [0.25, 0.3) is 0 Å². The van der Waals surface area contributed by atoms with Crippen molar-refractivity contribution in [2.75, 3.05) is 0 Å². The minimum atomic E-state index is 1.16. The molecule has 0 fully saturated rings. The second-order valence-corrected chi connectivity index (χ2v) is 8.25. The van der Waals surface area contributed by atoms with Gasteiger partial charge >= 0.3 is 0 Å². The Morgan fingerprint density at radius 2 is 1.21 bits per heavy atom. The number of fused-ring (bicyclic) bond motifs is 2. The first-order valence-corrected chi connectivity index (χ1v) is 10.6. The third kappa shape index (κ3) is 3.86. The van der Waals surface area contributed by atoms with E-state index in [1.165, 1.54) is 74.6 Å². The van der Waals surface area contributed by atoms with Gasteiger partial charge < -0.3 is 0 Å². The second-order valence-electron chi connectivity index (χ2n) is 6.54. The van der Waals surface area contributed by atoms with Crippen LogP contribution < -0.4 is 0 Å². The predicted octanol–water partition coefficient (Wildman–Crippen LogP) is 8.42. The molecule has 2 heteroatoms. The van der Waals surface area contributed by atoms with Crippen molar-refractivity contribution < 1.29 is 0 Å². The van der Waals surface area contributed by atoms with Crippen molar-refractivity contribution in [1.29, 1.82) is 0 Å². The fraction of sp³-hybridized carbons (Fsp3) is 0.364. The van der Waals surface area contributed by atoms with E-state index >= 15 is 0 Å². The molecule has 3 rings (SSSR count). The Hall–Kier alpha value is -0.860. The molecule has 126 valence electrons. The van der Waals surface area contributed by atoms with Crippen LogP contribution in [0.3, 0.4) is 0 Å². The molecule has 0 unspecified atom stereocenters. The van der Waals surface area contributed by atoms with Crippen LogP contribution in [-0.2, 0) is 6.42 Å². The summed E-state index contributed by atoms with van der Waals surface area (Å²) in [5.41, 5.74) is 1.50. The van der Waals surface area contributed by atoms with Crippen LogP contribution in [0.2, 0.25) is 0 Å². The van der Waals surface area contributed by atoms with E-state index in [0.717, 1.165) is 6.42 Å². The van der Waals surface area contributed by atoms with Gasteiger partial charge in [-0.3, -0.25) is 0 Å². The summed E-state index contributed by atoms with van der Waals surface area (Å²) in [6.45, 7) is 2.28. The average Bonchev–Trinajstić information content (AvgIpc) is 2.58. The molecule has 0 saturated carbocycles. The van der Waals surface area contributed by atoms with Crippen molar-refractivity contribution in [1.82, 2.24) is 0 Å². The molecule has 3 aromatic carbocycles. The van der Waals surface area contributed by atoms with Gasteiger partial charge in [0.2, 0.25) is 0 Å². The minimum absolute atomic E-state index is 1.16. The summed E-state index contributed by atoms with van der Waals surface area (Å²) < 4.78 is 2.36. The lowest BCUT2D eigenvalue weighted by molar-refractivity contribution is 0.609. The summed E-state index contributed by atoms with van der Waals surface area (Å²) in [4.78, 5) is 0. The van der Waals surface area contributed by atoms with Gasteiger partial charge in [-0.25, -0.2) is 0 Å². The van der Waals surface area contributed by atoms with Gasteiger partial charge in [0.05, 0.1) is 0 Å². The molecule has 0 aliphatic heterocycles. The van der Waals surface area contributed by atoms with Gasteiger partial charge in [-0.05, 0) is 58.1 Å². The highest BCUT2D eigenvalue weighted by atomic mass is 79.9. The molecule has 0 aliphatic rings. The molecule has 0 N–H and O–H groups in total. The van der Waals surface area contributed by atoms with Crippen LogP contribution in [0.15, 0.2) is 51.4 Å². The Kier molecular flexibility index (Phi) is 6.35. The maximum absolute atomic E-state index is 3.74. The van der Waals surface area contributed by atoms with E-state index < -0.39 is 0 Å². The quantitative estimate of drug-likeness (QED) is 0.251. The Balaban J connectivity index is 1.96. The molecular formula is C22H24Br2.